The number of nitrogens with one attached hydrogen (secondary N) is 2. The topological polar surface area (TPSA) is 75.1 Å². The Balaban J connectivity index is 2.01. The van der Waals surface area contributed by atoms with Crippen LogP contribution in [0.5, 0.6) is 11.5 Å². The Morgan fingerprint density at radius 1 is 1.27 bits per heavy atom. The maximum absolute atomic E-state index is 10.5. The summed E-state index contributed by atoms with van der Waals surface area (Å²) in [4.78, 5) is 4.57. The van der Waals surface area contributed by atoms with Crippen molar-refractivity contribution in [1.82, 2.24) is 10.6 Å². The van der Waals surface area contributed by atoms with Crippen LogP contribution in [0.1, 0.15) is 37.9 Å². The van der Waals surface area contributed by atoms with Gasteiger partial charge in [-0.1, -0.05) is 0 Å². The second kappa shape index (κ2) is 10.5. The second-order valence-electron chi connectivity index (χ2n) is 6.39. The number of aliphatic hydroxyl groups excluding tert-OH is 1. The summed E-state index contributed by atoms with van der Waals surface area (Å²) in [5.74, 6) is 2.07. The minimum Gasteiger partial charge on any atom is -0.497 e. The van der Waals surface area contributed by atoms with Crippen molar-refractivity contribution in [1.29, 1.82) is 0 Å². The van der Waals surface area contributed by atoms with Crippen LogP contribution in [0.2, 0.25) is 0 Å². The van der Waals surface area contributed by atoms with E-state index >= 15 is 0 Å². The molecule has 1 aromatic carbocycles. The summed E-state index contributed by atoms with van der Waals surface area (Å²) in [6, 6.07) is 5.85. The van der Waals surface area contributed by atoms with Crippen LogP contribution in [0, 0.1) is 0 Å². The van der Waals surface area contributed by atoms with E-state index in [2.05, 4.69) is 21.9 Å². The lowest BCUT2D eigenvalue weighted by Gasteiger charge is -2.18. The summed E-state index contributed by atoms with van der Waals surface area (Å²) >= 11 is 1.94. The van der Waals surface area contributed by atoms with Crippen LogP contribution in [-0.4, -0.2) is 55.9 Å². The molecule has 0 bridgehead atoms. The van der Waals surface area contributed by atoms with Gasteiger partial charge in [-0.05, 0) is 50.1 Å². The normalized spacial score (nSPS) is 21.3. The highest BCUT2D eigenvalue weighted by atomic mass is 32.2. The molecule has 1 saturated carbocycles. The number of methoxy groups -OCH3 is 2. The van der Waals surface area contributed by atoms with Crippen molar-refractivity contribution in [2.75, 3.05) is 33.6 Å². The summed E-state index contributed by atoms with van der Waals surface area (Å²) in [6.07, 6.45) is 5.00. The van der Waals surface area contributed by atoms with E-state index < -0.39 is 6.10 Å². The van der Waals surface area contributed by atoms with Crippen molar-refractivity contribution in [3.05, 3.63) is 23.8 Å². The van der Waals surface area contributed by atoms with Gasteiger partial charge in [0.15, 0.2) is 5.96 Å². The van der Waals surface area contributed by atoms with Crippen molar-refractivity contribution < 1.29 is 14.6 Å². The Morgan fingerprint density at radius 3 is 2.50 bits per heavy atom. The molecular weight excluding hydrogens is 350 g/mol. The molecule has 0 heterocycles. The highest BCUT2D eigenvalue weighted by molar-refractivity contribution is 7.99. The molecule has 1 fully saturated rings. The van der Waals surface area contributed by atoms with Crippen LogP contribution in [0.4, 0.5) is 0 Å². The van der Waals surface area contributed by atoms with Crippen molar-refractivity contribution in [2.24, 2.45) is 4.99 Å². The number of nitrogens with zero attached hydrogens (tertiary/aromatic N) is 1. The van der Waals surface area contributed by atoms with Gasteiger partial charge in [-0.2, -0.15) is 11.8 Å². The Hall–Kier alpha value is -1.60. The van der Waals surface area contributed by atoms with Crippen LogP contribution in [0.25, 0.3) is 0 Å². The largest absolute Gasteiger partial charge is 0.497 e. The summed E-state index contributed by atoms with van der Waals surface area (Å²) in [6.45, 7) is 3.10. The quantitative estimate of drug-likeness (QED) is 0.475. The van der Waals surface area contributed by atoms with Crippen LogP contribution >= 0.6 is 11.8 Å². The standard InChI is InChI=1S/C19H31N3O3S/c1-5-20-19(22-14-6-7-17(10-14)26-4)21-12-18(23)13-8-15(24-2)11-16(9-13)25-3/h8-9,11,14,17-18,23H,5-7,10,12H2,1-4H3,(H2,20,21,22). The zero-order chi connectivity index (χ0) is 18.9. The van der Waals surface area contributed by atoms with Crippen LogP contribution in [0.3, 0.4) is 0 Å². The summed E-state index contributed by atoms with van der Waals surface area (Å²) in [5.41, 5.74) is 0.726. The van der Waals surface area contributed by atoms with Gasteiger partial charge in [-0.3, -0.25) is 4.99 Å². The molecule has 2 rings (SSSR count). The van der Waals surface area contributed by atoms with Crippen molar-refractivity contribution in [2.45, 2.75) is 43.6 Å². The Morgan fingerprint density at radius 2 is 1.96 bits per heavy atom. The van der Waals surface area contributed by atoms with E-state index in [0.29, 0.717) is 17.5 Å². The number of rotatable bonds is 8. The molecule has 3 atom stereocenters. The van der Waals surface area contributed by atoms with Gasteiger partial charge < -0.3 is 25.2 Å². The van der Waals surface area contributed by atoms with Crippen LogP contribution in [0.15, 0.2) is 23.2 Å². The molecular formula is C19H31N3O3S. The molecule has 0 amide bonds. The molecule has 0 aromatic heterocycles. The molecule has 26 heavy (non-hydrogen) atoms. The molecule has 3 unspecified atom stereocenters. The summed E-state index contributed by atoms with van der Waals surface area (Å²) in [7, 11) is 3.19. The summed E-state index contributed by atoms with van der Waals surface area (Å²) in [5, 5.41) is 18.0. The first-order valence-electron chi connectivity index (χ1n) is 9.08. The monoisotopic (exact) mass is 381 g/mol. The first kappa shape index (κ1) is 20.7. The molecule has 1 aliphatic rings. The number of aliphatic imine (C=N–C) groups is 1. The summed E-state index contributed by atoms with van der Waals surface area (Å²) < 4.78 is 10.5. The van der Waals surface area contributed by atoms with E-state index in [4.69, 9.17) is 9.47 Å². The predicted molar refractivity (Wildman–Crippen MR) is 109 cm³/mol. The lowest BCUT2D eigenvalue weighted by molar-refractivity contribution is 0.186. The fraction of sp³-hybridized carbons (Fsp3) is 0.632. The number of aliphatic hydroxyl groups is 1. The van der Waals surface area contributed by atoms with Gasteiger partial charge >= 0.3 is 0 Å². The number of hydrogen-bond acceptors (Lipinski definition) is 5. The van der Waals surface area contributed by atoms with Gasteiger partial charge in [0.2, 0.25) is 0 Å². The Bertz CT molecular complexity index is 575. The van der Waals surface area contributed by atoms with Crippen molar-refractivity contribution in [3.63, 3.8) is 0 Å². The zero-order valence-corrected chi connectivity index (χ0v) is 16.9. The van der Waals surface area contributed by atoms with E-state index in [0.717, 1.165) is 36.2 Å². The highest BCUT2D eigenvalue weighted by Crippen LogP contribution is 2.28. The number of guanidine groups is 1. The minimum absolute atomic E-state index is 0.268. The van der Waals surface area contributed by atoms with Gasteiger partial charge in [0, 0.05) is 23.9 Å². The lowest BCUT2D eigenvalue weighted by atomic mass is 10.1. The predicted octanol–water partition coefficient (Wildman–Crippen LogP) is 2.58. The number of ether oxygens (including phenoxy) is 2. The van der Waals surface area contributed by atoms with E-state index in [1.807, 2.05) is 30.8 Å². The van der Waals surface area contributed by atoms with E-state index in [9.17, 15) is 5.11 Å². The van der Waals surface area contributed by atoms with Crippen molar-refractivity contribution >= 4 is 17.7 Å². The average molecular weight is 382 g/mol. The molecule has 1 aliphatic carbocycles. The molecule has 0 spiro atoms. The maximum Gasteiger partial charge on any atom is 0.191 e. The number of thioether (sulfide) groups is 1. The van der Waals surface area contributed by atoms with Gasteiger partial charge in [-0.15, -0.1) is 0 Å². The first-order chi connectivity index (χ1) is 12.6. The van der Waals surface area contributed by atoms with Gasteiger partial charge in [-0.25, -0.2) is 0 Å². The number of benzene rings is 1. The Labute approximate surface area is 160 Å². The highest BCUT2D eigenvalue weighted by Gasteiger charge is 2.24. The molecule has 0 aliphatic heterocycles. The van der Waals surface area contributed by atoms with Crippen molar-refractivity contribution in [3.8, 4) is 11.5 Å². The fourth-order valence-electron chi connectivity index (χ4n) is 3.10. The molecule has 3 N–H and O–H groups in total. The molecule has 0 saturated heterocycles. The number of hydrogen-bond donors (Lipinski definition) is 3. The third kappa shape index (κ3) is 5.99. The zero-order valence-electron chi connectivity index (χ0n) is 16.1. The SMILES string of the molecule is CCNC(=NCC(O)c1cc(OC)cc(OC)c1)NC1CCC(SC)C1. The smallest absolute Gasteiger partial charge is 0.191 e. The van der Waals surface area contributed by atoms with Gasteiger partial charge in [0.05, 0.1) is 26.9 Å². The lowest BCUT2D eigenvalue weighted by Crippen LogP contribution is -2.42. The third-order valence-corrected chi connectivity index (χ3v) is 5.68. The molecule has 146 valence electrons. The van der Waals surface area contributed by atoms with E-state index in [1.165, 1.54) is 6.42 Å². The third-order valence-electron chi connectivity index (χ3n) is 4.58. The maximum atomic E-state index is 10.5. The molecule has 1 aromatic rings. The van der Waals surface area contributed by atoms with Gasteiger partial charge in [0.25, 0.3) is 0 Å². The van der Waals surface area contributed by atoms with E-state index in [-0.39, 0.29) is 6.54 Å². The average Bonchev–Trinajstić information content (AvgIpc) is 3.13. The fourth-order valence-corrected chi connectivity index (χ4v) is 3.90. The van der Waals surface area contributed by atoms with Crippen LogP contribution < -0.4 is 20.1 Å². The molecule has 7 heteroatoms. The van der Waals surface area contributed by atoms with Gasteiger partial charge in [0.1, 0.15) is 11.5 Å². The minimum atomic E-state index is -0.725. The second-order valence-corrected chi connectivity index (χ2v) is 7.53. The van der Waals surface area contributed by atoms with Crippen LogP contribution in [-0.2, 0) is 0 Å². The first-order valence-corrected chi connectivity index (χ1v) is 10.4. The molecule has 6 nitrogen and oxygen atoms in total. The molecule has 0 radical (unpaired) electrons. The van der Waals surface area contributed by atoms with E-state index in [1.54, 1.807) is 20.3 Å². The Kier molecular flexibility index (Phi) is 8.38.